The molecule has 0 saturated carbocycles. The normalized spacial score (nSPS) is 10.8. The number of anilines is 1. The quantitative estimate of drug-likeness (QED) is 0.589. The lowest BCUT2D eigenvalue weighted by Crippen LogP contribution is -2.09. The molecule has 0 radical (unpaired) electrons. The second-order valence-corrected chi connectivity index (χ2v) is 3.32. The summed E-state index contributed by atoms with van der Waals surface area (Å²) in [5.74, 6) is -1.66. The number of hydrogen-bond donors (Lipinski definition) is 0. The molecule has 4 nitrogen and oxygen atoms in total. The van der Waals surface area contributed by atoms with Gasteiger partial charge in [-0.1, -0.05) is 0 Å². The molecule has 1 aromatic rings. The Bertz CT molecular complexity index is 421. The average Bonchev–Trinajstić information content (AvgIpc) is 2.15. The third-order valence-corrected chi connectivity index (χ3v) is 1.94. The zero-order valence-electron chi connectivity index (χ0n) is 8.78. The van der Waals surface area contributed by atoms with Gasteiger partial charge in [0, 0.05) is 25.9 Å². The van der Waals surface area contributed by atoms with E-state index in [2.05, 4.69) is 0 Å². The summed E-state index contributed by atoms with van der Waals surface area (Å²) in [7, 11) is 3.28. The number of nitrogens with zero attached hydrogens (tertiary/aromatic N) is 2. The summed E-state index contributed by atoms with van der Waals surface area (Å²) in [5.41, 5.74) is -0.0597. The molecule has 1 rings (SSSR count). The van der Waals surface area contributed by atoms with E-state index in [1.807, 2.05) is 0 Å². The molecule has 0 aliphatic rings. The highest BCUT2D eigenvalue weighted by Crippen LogP contribution is 2.21. The van der Waals surface area contributed by atoms with E-state index in [1.165, 1.54) is 4.90 Å². The third kappa shape index (κ3) is 2.75. The molecule has 0 bridgehead atoms. The monoisotopic (exact) mass is 228 g/mol. The van der Waals surface area contributed by atoms with E-state index in [0.717, 1.165) is 18.2 Å². The van der Waals surface area contributed by atoms with E-state index in [9.17, 15) is 18.9 Å². The fourth-order valence-electron chi connectivity index (χ4n) is 1.12. The van der Waals surface area contributed by atoms with Crippen LogP contribution >= 0.6 is 0 Å². The van der Waals surface area contributed by atoms with Crippen molar-refractivity contribution in [1.29, 1.82) is 0 Å². The molecular weight excluding hydrogens is 218 g/mol. The van der Waals surface area contributed by atoms with Gasteiger partial charge in [0.05, 0.1) is 10.5 Å². The molecule has 0 spiro atoms. The van der Waals surface area contributed by atoms with Crippen molar-refractivity contribution >= 4 is 11.8 Å². The van der Waals surface area contributed by atoms with Crippen molar-refractivity contribution < 1.29 is 13.7 Å². The lowest BCUT2D eigenvalue weighted by molar-refractivity contribution is -0.401. The Morgan fingerprint density at radius 2 is 1.81 bits per heavy atom. The van der Waals surface area contributed by atoms with Gasteiger partial charge in [-0.05, 0) is 12.1 Å². The Morgan fingerprint density at radius 1 is 1.31 bits per heavy atom. The second-order valence-electron chi connectivity index (χ2n) is 3.32. The van der Waals surface area contributed by atoms with Crippen molar-refractivity contribution in [2.75, 3.05) is 19.0 Å². The summed E-state index contributed by atoms with van der Waals surface area (Å²) in [6.07, 6.45) is 1.29. The van der Waals surface area contributed by atoms with Gasteiger partial charge in [-0.3, -0.25) is 10.1 Å². The predicted molar refractivity (Wildman–Crippen MR) is 56.7 cm³/mol. The van der Waals surface area contributed by atoms with Crippen molar-refractivity contribution in [3.05, 3.63) is 45.6 Å². The Hall–Kier alpha value is -1.98. The molecular formula is C10H10F2N2O2. The molecule has 0 heterocycles. The molecule has 6 heteroatoms. The second kappa shape index (κ2) is 4.69. The van der Waals surface area contributed by atoms with Crippen LogP contribution in [0.25, 0.3) is 6.08 Å². The first-order valence-electron chi connectivity index (χ1n) is 4.40. The number of nitro groups is 1. The van der Waals surface area contributed by atoms with Gasteiger partial charge >= 0.3 is 0 Å². The van der Waals surface area contributed by atoms with Gasteiger partial charge in [0.25, 0.3) is 0 Å². The highest BCUT2D eigenvalue weighted by molar-refractivity contribution is 5.56. The summed E-state index contributed by atoms with van der Waals surface area (Å²) in [4.78, 5) is 10.8. The van der Waals surface area contributed by atoms with E-state index in [4.69, 9.17) is 0 Å². The highest BCUT2D eigenvalue weighted by atomic mass is 19.1. The topological polar surface area (TPSA) is 46.4 Å². The highest BCUT2D eigenvalue weighted by Gasteiger charge is 2.10. The van der Waals surface area contributed by atoms with Crippen LogP contribution in [0.3, 0.4) is 0 Å². The third-order valence-electron chi connectivity index (χ3n) is 1.94. The summed E-state index contributed by atoms with van der Waals surface area (Å²) in [6, 6.07) is 2.23. The van der Waals surface area contributed by atoms with Gasteiger partial charge in [-0.2, -0.15) is 0 Å². The van der Waals surface area contributed by atoms with Crippen LogP contribution in [-0.4, -0.2) is 19.0 Å². The van der Waals surface area contributed by atoms with E-state index in [0.29, 0.717) is 11.9 Å². The maximum absolute atomic E-state index is 13.4. The molecule has 86 valence electrons. The molecule has 0 unspecified atom stereocenters. The van der Waals surface area contributed by atoms with Crippen molar-refractivity contribution in [1.82, 2.24) is 0 Å². The van der Waals surface area contributed by atoms with Crippen molar-refractivity contribution in [2.24, 2.45) is 0 Å². The Morgan fingerprint density at radius 3 is 2.19 bits per heavy atom. The van der Waals surface area contributed by atoms with E-state index in [1.54, 1.807) is 14.1 Å². The lowest BCUT2D eigenvalue weighted by atomic mass is 10.1. The van der Waals surface area contributed by atoms with Crippen LogP contribution in [-0.2, 0) is 0 Å². The molecule has 0 aliphatic heterocycles. The van der Waals surface area contributed by atoms with Crippen molar-refractivity contribution in [3.63, 3.8) is 0 Å². The van der Waals surface area contributed by atoms with Crippen molar-refractivity contribution in [3.8, 4) is 0 Å². The van der Waals surface area contributed by atoms with Gasteiger partial charge in [-0.15, -0.1) is 0 Å². The van der Waals surface area contributed by atoms with Gasteiger partial charge < -0.3 is 4.90 Å². The molecule has 0 saturated heterocycles. The minimum absolute atomic E-state index is 0.355. The van der Waals surface area contributed by atoms with E-state index >= 15 is 0 Å². The van der Waals surface area contributed by atoms with E-state index in [-0.39, 0.29) is 0 Å². The Labute approximate surface area is 90.9 Å². The molecule has 1 aromatic carbocycles. The van der Waals surface area contributed by atoms with E-state index < -0.39 is 22.1 Å². The molecule has 0 aliphatic carbocycles. The lowest BCUT2D eigenvalue weighted by Gasteiger charge is -2.13. The van der Waals surface area contributed by atoms with Crippen LogP contribution in [0.2, 0.25) is 0 Å². The molecule has 0 N–H and O–H groups in total. The maximum atomic E-state index is 13.4. The van der Waals surface area contributed by atoms with Crippen LogP contribution in [0, 0.1) is 21.7 Å². The Balaban J connectivity index is 3.17. The minimum Gasteiger partial charge on any atom is -0.377 e. The molecule has 0 fully saturated rings. The minimum atomic E-state index is -0.832. The Kier molecular flexibility index (Phi) is 3.55. The fraction of sp³-hybridized carbons (Fsp3) is 0.200. The van der Waals surface area contributed by atoms with Gasteiger partial charge in [-0.25, -0.2) is 8.78 Å². The number of benzene rings is 1. The predicted octanol–water partition coefficient (Wildman–Crippen LogP) is 2.28. The summed E-state index contributed by atoms with van der Waals surface area (Å²) < 4.78 is 26.8. The number of halogens is 2. The molecule has 0 aromatic heterocycles. The average molecular weight is 228 g/mol. The summed E-state index contributed by atoms with van der Waals surface area (Å²) in [6.45, 7) is 0. The summed E-state index contributed by atoms with van der Waals surface area (Å²) >= 11 is 0. The van der Waals surface area contributed by atoms with Crippen LogP contribution in [0.1, 0.15) is 5.56 Å². The zero-order chi connectivity index (χ0) is 12.3. The zero-order valence-corrected chi connectivity index (χ0v) is 8.78. The first-order valence-corrected chi connectivity index (χ1v) is 4.40. The number of rotatable bonds is 3. The SMILES string of the molecule is CN(C)c1cc(F)c(/C=C/[N+](=O)[O-])c(F)c1. The smallest absolute Gasteiger partial charge is 0.235 e. The van der Waals surface area contributed by atoms with Crippen LogP contribution in [0.5, 0.6) is 0 Å². The van der Waals surface area contributed by atoms with Gasteiger partial charge in [0.1, 0.15) is 11.6 Å². The molecule has 16 heavy (non-hydrogen) atoms. The molecule has 0 amide bonds. The first kappa shape index (κ1) is 12.1. The fourth-order valence-corrected chi connectivity index (χ4v) is 1.12. The number of hydrogen-bond acceptors (Lipinski definition) is 3. The summed E-state index contributed by atoms with van der Waals surface area (Å²) in [5, 5.41) is 10.0. The van der Waals surface area contributed by atoms with Gasteiger partial charge in [0.2, 0.25) is 6.20 Å². The van der Waals surface area contributed by atoms with Crippen molar-refractivity contribution in [2.45, 2.75) is 0 Å². The van der Waals surface area contributed by atoms with Crippen LogP contribution in [0.15, 0.2) is 18.3 Å². The standard InChI is InChI=1S/C10H10F2N2O2/c1-13(2)7-5-9(11)8(10(12)6-7)3-4-14(15)16/h3-6H,1-2H3/b4-3+. The first-order chi connectivity index (χ1) is 7.41. The van der Waals surface area contributed by atoms with Crippen LogP contribution < -0.4 is 4.90 Å². The molecule has 0 atom stereocenters. The maximum Gasteiger partial charge on any atom is 0.235 e. The largest absolute Gasteiger partial charge is 0.377 e. The van der Waals surface area contributed by atoms with Crippen LogP contribution in [0.4, 0.5) is 14.5 Å². The van der Waals surface area contributed by atoms with Gasteiger partial charge in [0.15, 0.2) is 0 Å².